The van der Waals surface area contributed by atoms with Gasteiger partial charge in [-0.1, -0.05) is 30.3 Å². The van der Waals surface area contributed by atoms with Crippen LogP contribution in [0.1, 0.15) is 37.7 Å². The van der Waals surface area contributed by atoms with Crippen LogP contribution >= 0.6 is 0 Å². The normalized spacial score (nSPS) is 26.6. The number of methoxy groups -OCH3 is 1. The molecule has 0 bridgehead atoms. The Kier molecular flexibility index (Phi) is 7.03. The Morgan fingerprint density at radius 3 is 2.37 bits per heavy atom. The lowest BCUT2D eigenvalue weighted by Crippen LogP contribution is -2.56. The molecule has 1 saturated carbocycles. The Balaban J connectivity index is 1.81. The number of nitrogens with zero attached hydrogens (tertiary/aromatic N) is 3. The van der Waals surface area contributed by atoms with Crippen LogP contribution in [-0.4, -0.2) is 86.7 Å². The molecule has 1 aliphatic carbocycles. The summed E-state index contributed by atoms with van der Waals surface area (Å²) in [4.78, 5) is 31.1. The highest BCUT2D eigenvalue weighted by molar-refractivity contribution is 5.80. The van der Waals surface area contributed by atoms with Crippen LogP contribution in [0.25, 0.3) is 0 Å². The Morgan fingerprint density at radius 1 is 1.13 bits per heavy atom. The molecule has 0 aromatic heterocycles. The van der Waals surface area contributed by atoms with E-state index in [0.29, 0.717) is 32.7 Å². The zero-order valence-corrected chi connectivity index (χ0v) is 18.8. The average molecular weight is 417 g/mol. The maximum atomic E-state index is 13.2. The smallest absolute Gasteiger partial charge is 0.320 e. The van der Waals surface area contributed by atoms with Gasteiger partial charge in [0.05, 0.1) is 12.1 Å². The van der Waals surface area contributed by atoms with Crippen molar-refractivity contribution in [2.24, 2.45) is 0 Å². The molecule has 1 spiro atoms. The van der Waals surface area contributed by atoms with E-state index in [2.05, 4.69) is 54.6 Å². The van der Waals surface area contributed by atoms with Gasteiger partial charge in [-0.3, -0.25) is 9.69 Å². The van der Waals surface area contributed by atoms with Crippen LogP contribution in [0.5, 0.6) is 0 Å². The summed E-state index contributed by atoms with van der Waals surface area (Å²) in [6.45, 7) is 2.26. The van der Waals surface area contributed by atoms with E-state index in [4.69, 9.17) is 4.74 Å². The molecule has 2 fully saturated rings. The van der Waals surface area contributed by atoms with Crippen molar-refractivity contribution in [3.8, 4) is 0 Å². The lowest BCUT2D eigenvalue weighted by Gasteiger charge is -2.51. The zero-order valence-electron chi connectivity index (χ0n) is 18.8. The zero-order chi connectivity index (χ0) is 21.8. The maximum absolute atomic E-state index is 13.2. The minimum Gasteiger partial charge on any atom is -0.383 e. The quantitative estimate of drug-likeness (QED) is 0.706. The van der Waals surface area contributed by atoms with Gasteiger partial charge in [0.2, 0.25) is 5.91 Å². The van der Waals surface area contributed by atoms with Crippen molar-refractivity contribution in [1.29, 1.82) is 0 Å². The van der Waals surface area contributed by atoms with Crippen molar-refractivity contribution in [3.63, 3.8) is 0 Å². The molecule has 1 aromatic carbocycles. The Hall–Kier alpha value is -2.12. The number of rotatable bonds is 8. The van der Waals surface area contributed by atoms with Gasteiger partial charge in [-0.15, -0.1) is 0 Å². The standard InChI is InChI=1S/C23H36N4O3/c1-24-20(28)10-15-26-18-22(27(21(26)29)16-17-30-4)11-13-23(14-12-22,25(2)3)19-8-6-5-7-9-19/h5-9H,10-18H2,1-4H3,(H,24,28)/t22-,23-. The molecule has 1 heterocycles. The first-order valence-corrected chi connectivity index (χ1v) is 10.9. The monoisotopic (exact) mass is 416 g/mol. The highest BCUT2D eigenvalue weighted by Crippen LogP contribution is 2.48. The highest BCUT2D eigenvalue weighted by Gasteiger charge is 2.54. The fourth-order valence-electron chi connectivity index (χ4n) is 5.23. The van der Waals surface area contributed by atoms with Crippen LogP contribution in [0, 0.1) is 0 Å². The molecule has 166 valence electrons. The van der Waals surface area contributed by atoms with Gasteiger partial charge in [0.1, 0.15) is 0 Å². The average Bonchev–Trinajstić information content (AvgIpc) is 3.02. The number of hydrogen-bond acceptors (Lipinski definition) is 4. The summed E-state index contributed by atoms with van der Waals surface area (Å²) < 4.78 is 5.30. The molecule has 0 radical (unpaired) electrons. The predicted octanol–water partition coefficient (Wildman–Crippen LogP) is 2.28. The summed E-state index contributed by atoms with van der Waals surface area (Å²) in [5, 5.41) is 2.65. The second-order valence-electron chi connectivity index (χ2n) is 8.79. The topological polar surface area (TPSA) is 65.1 Å². The summed E-state index contributed by atoms with van der Waals surface area (Å²) in [7, 11) is 7.61. The molecular formula is C23H36N4O3. The first-order valence-electron chi connectivity index (χ1n) is 10.9. The third-order valence-electron chi connectivity index (χ3n) is 7.14. The van der Waals surface area contributed by atoms with E-state index in [9.17, 15) is 9.59 Å². The van der Waals surface area contributed by atoms with Crippen LogP contribution in [-0.2, 0) is 15.1 Å². The highest BCUT2D eigenvalue weighted by atomic mass is 16.5. The minimum absolute atomic E-state index is 0.0159. The van der Waals surface area contributed by atoms with E-state index in [1.54, 1.807) is 14.2 Å². The van der Waals surface area contributed by atoms with E-state index >= 15 is 0 Å². The van der Waals surface area contributed by atoms with Gasteiger partial charge in [-0.05, 0) is 45.3 Å². The first-order chi connectivity index (χ1) is 14.4. The minimum atomic E-state index is -0.188. The Morgan fingerprint density at radius 2 is 1.80 bits per heavy atom. The Bertz CT molecular complexity index is 729. The number of carbonyl (C=O) groups is 2. The predicted molar refractivity (Wildman–Crippen MR) is 117 cm³/mol. The summed E-state index contributed by atoms with van der Waals surface area (Å²) in [6, 6.07) is 10.7. The molecule has 1 aliphatic heterocycles. The summed E-state index contributed by atoms with van der Waals surface area (Å²) in [5.74, 6) is -0.0356. The van der Waals surface area contributed by atoms with E-state index in [1.165, 1.54) is 5.56 Å². The molecule has 0 unspecified atom stereocenters. The number of hydrogen-bond donors (Lipinski definition) is 1. The molecule has 1 aromatic rings. The molecule has 2 aliphatic rings. The van der Waals surface area contributed by atoms with E-state index in [-0.39, 0.29) is 23.0 Å². The number of carbonyl (C=O) groups excluding carboxylic acids is 2. The second kappa shape index (κ2) is 9.35. The fraction of sp³-hybridized carbons (Fsp3) is 0.652. The van der Waals surface area contributed by atoms with Gasteiger partial charge < -0.3 is 19.9 Å². The molecule has 7 nitrogen and oxygen atoms in total. The molecule has 3 amide bonds. The number of nitrogens with one attached hydrogen (secondary N) is 1. The van der Waals surface area contributed by atoms with Gasteiger partial charge in [0.25, 0.3) is 0 Å². The fourth-order valence-corrected chi connectivity index (χ4v) is 5.23. The van der Waals surface area contributed by atoms with Crippen molar-refractivity contribution >= 4 is 11.9 Å². The van der Waals surface area contributed by atoms with E-state index in [0.717, 1.165) is 25.7 Å². The molecule has 0 atom stereocenters. The van der Waals surface area contributed by atoms with Crippen LogP contribution in [0.2, 0.25) is 0 Å². The Labute approximate surface area is 180 Å². The number of urea groups is 1. The van der Waals surface area contributed by atoms with E-state index in [1.807, 2.05) is 9.80 Å². The lowest BCUT2D eigenvalue weighted by molar-refractivity contribution is -0.120. The third kappa shape index (κ3) is 4.18. The second-order valence-corrected chi connectivity index (χ2v) is 8.79. The number of ether oxygens (including phenoxy) is 1. The van der Waals surface area contributed by atoms with Gasteiger partial charge in [-0.2, -0.15) is 0 Å². The summed E-state index contributed by atoms with van der Waals surface area (Å²) >= 11 is 0. The number of benzene rings is 1. The molecule has 3 rings (SSSR count). The summed E-state index contributed by atoms with van der Waals surface area (Å²) in [5.41, 5.74) is 1.14. The maximum Gasteiger partial charge on any atom is 0.320 e. The van der Waals surface area contributed by atoms with Crippen molar-refractivity contribution in [1.82, 2.24) is 20.0 Å². The van der Waals surface area contributed by atoms with Crippen molar-refractivity contribution in [2.45, 2.75) is 43.2 Å². The largest absolute Gasteiger partial charge is 0.383 e. The van der Waals surface area contributed by atoms with Crippen molar-refractivity contribution < 1.29 is 14.3 Å². The third-order valence-corrected chi connectivity index (χ3v) is 7.14. The first kappa shape index (κ1) is 22.6. The van der Waals surface area contributed by atoms with Crippen LogP contribution in [0.4, 0.5) is 4.79 Å². The molecule has 1 N–H and O–H groups in total. The molecule has 7 heteroatoms. The van der Waals surface area contributed by atoms with Gasteiger partial charge in [-0.25, -0.2) is 4.79 Å². The van der Waals surface area contributed by atoms with Gasteiger partial charge in [0, 0.05) is 45.8 Å². The molecule has 1 saturated heterocycles. The molecular weight excluding hydrogens is 380 g/mol. The number of amides is 3. The van der Waals surface area contributed by atoms with E-state index < -0.39 is 0 Å². The summed E-state index contributed by atoms with van der Waals surface area (Å²) in [6.07, 6.45) is 4.19. The van der Waals surface area contributed by atoms with Crippen molar-refractivity contribution in [2.75, 3.05) is 54.5 Å². The van der Waals surface area contributed by atoms with Crippen LogP contribution in [0.3, 0.4) is 0 Å². The van der Waals surface area contributed by atoms with Crippen LogP contribution < -0.4 is 5.32 Å². The molecule has 30 heavy (non-hydrogen) atoms. The van der Waals surface area contributed by atoms with Gasteiger partial charge in [0.15, 0.2) is 0 Å². The van der Waals surface area contributed by atoms with Crippen molar-refractivity contribution in [3.05, 3.63) is 35.9 Å². The lowest BCUT2D eigenvalue weighted by atomic mass is 9.68. The SMILES string of the molecule is CNC(=O)CCN1C[C@]2(CC[C@@](c3ccccc3)(N(C)C)CC2)N(CCOC)C1=O. The van der Waals surface area contributed by atoms with Crippen LogP contribution in [0.15, 0.2) is 30.3 Å². The van der Waals surface area contributed by atoms with Gasteiger partial charge >= 0.3 is 6.03 Å².